The molecule has 1 saturated heterocycles. The Balaban J connectivity index is 1.83. The van der Waals surface area contributed by atoms with Crippen LogP contribution in [0.2, 0.25) is 18.1 Å². The minimum Gasteiger partial charge on any atom is -0.414 e. The van der Waals surface area contributed by atoms with Crippen LogP contribution in [0.1, 0.15) is 47.1 Å². The second-order valence-electron chi connectivity index (χ2n) is 10.4. The van der Waals surface area contributed by atoms with Crippen LogP contribution in [-0.2, 0) is 30.0 Å². The number of ether oxygens (including phenoxy) is 4. The molecule has 1 aliphatic heterocycles. The van der Waals surface area contributed by atoms with E-state index in [1.807, 2.05) is 57.2 Å². The molecule has 0 spiro atoms. The van der Waals surface area contributed by atoms with Crippen LogP contribution in [0.15, 0.2) is 42.5 Å². The highest BCUT2D eigenvalue weighted by molar-refractivity contribution is 6.74. The zero-order chi connectivity index (χ0) is 24.0. The monoisotopic (exact) mass is 466 g/mol. The minimum absolute atomic E-state index is 0.111. The summed E-state index contributed by atoms with van der Waals surface area (Å²) in [5.74, 6) is -0.700. The van der Waals surface area contributed by atoms with Crippen molar-refractivity contribution in [1.82, 2.24) is 0 Å². The van der Waals surface area contributed by atoms with Crippen LogP contribution < -0.4 is 0 Å². The van der Waals surface area contributed by atoms with E-state index in [0.717, 1.165) is 5.56 Å². The quantitative estimate of drug-likeness (QED) is 0.214. The van der Waals surface area contributed by atoms with Crippen LogP contribution in [-0.4, -0.2) is 57.0 Å². The maximum absolute atomic E-state index is 10.5. The third-order valence-corrected chi connectivity index (χ3v) is 10.6. The van der Waals surface area contributed by atoms with E-state index in [1.54, 1.807) is 6.08 Å². The molecule has 7 heteroatoms. The Morgan fingerprint density at radius 2 is 1.81 bits per heavy atom. The van der Waals surface area contributed by atoms with Crippen molar-refractivity contribution in [2.75, 3.05) is 13.4 Å². The van der Waals surface area contributed by atoms with Crippen molar-refractivity contribution in [3.63, 3.8) is 0 Å². The Hall–Kier alpha value is -1.06. The predicted molar refractivity (Wildman–Crippen MR) is 129 cm³/mol. The molecule has 2 rings (SSSR count). The number of aliphatic hydroxyl groups excluding tert-OH is 1. The lowest BCUT2D eigenvalue weighted by Crippen LogP contribution is -2.44. The zero-order valence-electron chi connectivity index (χ0n) is 21.0. The molecule has 32 heavy (non-hydrogen) atoms. The molecule has 4 atom stereocenters. The first-order valence-electron chi connectivity index (χ1n) is 11.4. The highest BCUT2D eigenvalue weighted by Gasteiger charge is 2.43. The number of aliphatic hydroxyl groups is 1. The average molecular weight is 467 g/mol. The highest BCUT2D eigenvalue weighted by Crippen LogP contribution is 2.38. The Labute approximate surface area is 195 Å². The summed E-state index contributed by atoms with van der Waals surface area (Å²) in [5, 5.41) is 10.6. The second kappa shape index (κ2) is 11.4. The van der Waals surface area contributed by atoms with Crippen molar-refractivity contribution in [2.45, 2.75) is 96.5 Å². The summed E-state index contributed by atoms with van der Waals surface area (Å²) in [4.78, 5) is 0. The smallest absolute Gasteiger partial charge is 0.192 e. The summed E-state index contributed by atoms with van der Waals surface area (Å²) >= 11 is 0. The molecule has 1 N–H and O–H groups in total. The number of rotatable bonds is 11. The lowest BCUT2D eigenvalue weighted by molar-refractivity contribution is -0.145. The Kier molecular flexibility index (Phi) is 9.67. The summed E-state index contributed by atoms with van der Waals surface area (Å²) < 4.78 is 29.6. The summed E-state index contributed by atoms with van der Waals surface area (Å²) in [6.45, 7) is 17.7. The van der Waals surface area contributed by atoms with Gasteiger partial charge in [-0.1, -0.05) is 63.3 Å². The molecule has 0 aromatic heterocycles. The van der Waals surface area contributed by atoms with E-state index >= 15 is 0 Å². The molecule has 6 nitrogen and oxygen atoms in total. The minimum atomic E-state index is -1.90. The summed E-state index contributed by atoms with van der Waals surface area (Å²) in [6, 6.07) is 9.90. The van der Waals surface area contributed by atoms with Crippen LogP contribution in [0.4, 0.5) is 0 Å². The fourth-order valence-corrected chi connectivity index (χ4v) is 4.04. The van der Waals surface area contributed by atoms with E-state index < -0.39 is 26.3 Å². The van der Waals surface area contributed by atoms with Gasteiger partial charge in [0.15, 0.2) is 14.1 Å². The van der Waals surface area contributed by atoms with Gasteiger partial charge < -0.3 is 28.5 Å². The molecule has 0 unspecified atom stereocenters. The predicted octanol–water partition coefficient (Wildman–Crippen LogP) is 5.02. The van der Waals surface area contributed by atoms with E-state index in [4.69, 9.17) is 23.4 Å². The van der Waals surface area contributed by atoms with Gasteiger partial charge in [-0.05, 0) is 44.5 Å². The molecule has 1 aromatic carbocycles. The van der Waals surface area contributed by atoms with Crippen molar-refractivity contribution < 1.29 is 28.5 Å². The SMILES string of the molecule is C[C@@H](OCOCc1ccccc1)[C@@H](O)/C=C/[C@@H]1OC(C)(C)O[C@H]1CO[Si](C)(C)C(C)(C)C. The fourth-order valence-electron chi connectivity index (χ4n) is 3.03. The average Bonchev–Trinajstić information content (AvgIpc) is 3.01. The van der Waals surface area contributed by atoms with Gasteiger partial charge in [0.05, 0.1) is 25.4 Å². The first-order chi connectivity index (χ1) is 14.8. The first kappa shape index (κ1) is 27.2. The van der Waals surface area contributed by atoms with Crippen molar-refractivity contribution >= 4 is 8.32 Å². The third kappa shape index (κ3) is 8.37. The van der Waals surface area contributed by atoms with Gasteiger partial charge in [0.25, 0.3) is 0 Å². The van der Waals surface area contributed by atoms with Gasteiger partial charge in [0, 0.05) is 0 Å². The van der Waals surface area contributed by atoms with Crippen LogP contribution in [0, 0.1) is 0 Å². The topological polar surface area (TPSA) is 66.4 Å². The number of benzene rings is 1. The van der Waals surface area contributed by atoms with Gasteiger partial charge >= 0.3 is 0 Å². The Morgan fingerprint density at radius 3 is 2.44 bits per heavy atom. The standard InChI is InChI=1S/C25H42O6Si/c1-19(28-18-27-16-20-12-10-9-11-13-20)21(26)14-15-22-23(31-25(5,6)30-22)17-29-32(7,8)24(2,3)4/h9-15,19,21-23,26H,16-18H2,1-8H3/b15-14+/t19-,21+,22+,23+/m1/s1. The van der Waals surface area contributed by atoms with Crippen molar-refractivity contribution in [3.05, 3.63) is 48.0 Å². The highest BCUT2D eigenvalue weighted by atomic mass is 28.4. The molecule has 0 bridgehead atoms. The molecule has 1 aliphatic rings. The number of hydrogen-bond donors (Lipinski definition) is 1. The largest absolute Gasteiger partial charge is 0.414 e. The molecule has 1 aromatic rings. The van der Waals surface area contributed by atoms with Gasteiger partial charge in [-0.2, -0.15) is 0 Å². The molecule has 182 valence electrons. The molecular formula is C25H42O6Si. The summed E-state index contributed by atoms with van der Waals surface area (Å²) in [7, 11) is -1.90. The summed E-state index contributed by atoms with van der Waals surface area (Å²) in [5.41, 5.74) is 1.08. The van der Waals surface area contributed by atoms with E-state index in [9.17, 15) is 5.11 Å². The Morgan fingerprint density at radius 1 is 1.16 bits per heavy atom. The molecule has 1 fully saturated rings. The zero-order valence-corrected chi connectivity index (χ0v) is 22.0. The second-order valence-corrected chi connectivity index (χ2v) is 15.2. The van der Waals surface area contributed by atoms with Gasteiger partial charge in [0.1, 0.15) is 19.0 Å². The van der Waals surface area contributed by atoms with E-state index in [2.05, 4.69) is 33.9 Å². The lowest BCUT2D eigenvalue weighted by Gasteiger charge is -2.37. The van der Waals surface area contributed by atoms with Crippen LogP contribution in [0.5, 0.6) is 0 Å². The van der Waals surface area contributed by atoms with Gasteiger partial charge in [-0.3, -0.25) is 0 Å². The lowest BCUT2D eigenvalue weighted by atomic mass is 10.1. The molecule has 0 amide bonds. The van der Waals surface area contributed by atoms with E-state index in [1.165, 1.54) is 0 Å². The molecular weight excluding hydrogens is 424 g/mol. The Bertz CT molecular complexity index is 713. The number of hydrogen-bond acceptors (Lipinski definition) is 6. The van der Waals surface area contributed by atoms with Crippen molar-refractivity contribution in [3.8, 4) is 0 Å². The molecule has 0 aliphatic carbocycles. The van der Waals surface area contributed by atoms with E-state index in [0.29, 0.717) is 13.2 Å². The third-order valence-electron chi connectivity index (χ3n) is 6.14. The van der Waals surface area contributed by atoms with Gasteiger partial charge in [-0.25, -0.2) is 0 Å². The van der Waals surface area contributed by atoms with E-state index in [-0.39, 0.29) is 24.0 Å². The van der Waals surface area contributed by atoms with Crippen LogP contribution in [0.3, 0.4) is 0 Å². The first-order valence-corrected chi connectivity index (χ1v) is 14.3. The van der Waals surface area contributed by atoms with Gasteiger partial charge in [-0.15, -0.1) is 0 Å². The summed E-state index contributed by atoms with van der Waals surface area (Å²) in [6.07, 6.45) is 1.82. The maximum atomic E-state index is 10.5. The maximum Gasteiger partial charge on any atom is 0.192 e. The van der Waals surface area contributed by atoms with Crippen molar-refractivity contribution in [2.24, 2.45) is 0 Å². The fraction of sp³-hybridized carbons (Fsp3) is 0.680. The molecule has 1 heterocycles. The van der Waals surface area contributed by atoms with Crippen molar-refractivity contribution in [1.29, 1.82) is 0 Å². The van der Waals surface area contributed by atoms with Gasteiger partial charge in [0.2, 0.25) is 0 Å². The molecule has 0 saturated carbocycles. The normalized spacial score (nSPS) is 23.5. The van der Waals surface area contributed by atoms with Crippen LogP contribution in [0.25, 0.3) is 0 Å². The van der Waals surface area contributed by atoms with Crippen LogP contribution >= 0.6 is 0 Å². The molecule has 0 radical (unpaired) electrons.